The first-order valence-electron chi connectivity index (χ1n) is 4.50. The number of fused-ring (bicyclic) bond motifs is 1. The average Bonchev–Trinajstić information content (AvgIpc) is 2.62. The van der Waals surface area contributed by atoms with Crippen LogP contribution in [0.3, 0.4) is 0 Å². The van der Waals surface area contributed by atoms with E-state index in [0.717, 1.165) is 11.4 Å². The predicted octanol–water partition coefficient (Wildman–Crippen LogP) is 4.84. The molecule has 2 aromatic rings. The van der Waals surface area contributed by atoms with Crippen LogP contribution < -0.4 is 0 Å². The van der Waals surface area contributed by atoms with Gasteiger partial charge in [0.2, 0.25) is 0 Å². The van der Waals surface area contributed by atoms with Crippen molar-refractivity contribution in [3.63, 3.8) is 0 Å². The third-order valence-electron chi connectivity index (χ3n) is 2.33. The predicted molar refractivity (Wildman–Crippen MR) is 68.0 cm³/mol. The molecule has 0 bridgehead atoms. The van der Waals surface area contributed by atoms with E-state index in [0.29, 0.717) is 0 Å². The van der Waals surface area contributed by atoms with Gasteiger partial charge in [-0.2, -0.15) is 0 Å². The van der Waals surface area contributed by atoms with Crippen LogP contribution in [-0.4, -0.2) is 6.26 Å². The molecule has 0 spiro atoms. The van der Waals surface area contributed by atoms with E-state index in [1.54, 1.807) is 23.1 Å². The first-order chi connectivity index (χ1) is 6.77. The van der Waals surface area contributed by atoms with Crippen LogP contribution in [0.15, 0.2) is 22.4 Å². The summed E-state index contributed by atoms with van der Waals surface area (Å²) in [5.41, 5.74) is 1.39. The van der Waals surface area contributed by atoms with E-state index >= 15 is 0 Å². The molecule has 0 aliphatic carbocycles. The van der Waals surface area contributed by atoms with Gasteiger partial charge in [-0.3, -0.25) is 0 Å². The highest BCUT2D eigenvalue weighted by Gasteiger charge is 2.10. The molecule has 1 heterocycles. The van der Waals surface area contributed by atoms with Crippen molar-refractivity contribution in [1.82, 2.24) is 0 Å². The number of aryl methyl sites for hydroxylation is 1. The Hall–Kier alpha value is -0.180. The molecule has 0 aliphatic heterocycles. The van der Waals surface area contributed by atoms with Crippen LogP contribution >= 0.6 is 34.7 Å². The first kappa shape index (κ1) is 10.3. The topological polar surface area (TPSA) is 0 Å². The molecule has 0 saturated heterocycles. The van der Waals surface area contributed by atoms with Gasteiger partial charge in [0.25, 0.3) is 0 Å². The Kier molecular flexibility index (Phi) is 3.05. The molecule has 0 radical (unpaired) electrons. The number of halogens is 1. The van der Waals surface area contributed by atoms with Gasteiger partial charge in [0.15, 0.2) is 0 Å². The minimum atomic E-state index is 0.893. The molecule has 0 nitrogen and oxygen atoms in total. The smallest absolute Gasteiger partial charge is 0.0559 e. The van der Waals surface area contributed by atoms with E-state index in [-0.39, 0.29) is 0 Å². The number of thiophene rings is 1. The van der Waals surface area contributed by atoms with E-state index in [9.17, 15) is 0 Å². The lowest BCUT2D eigenvalue weighted by molar-refractivity contribution is 1.11. The van der Waals surface area contributed by atoms with Gasteiger partial charge in [0.05, 0.1) is 5.02 Å². The Morgan fingerprint density at radius 3 is 2.93 bits per heavy atom. The lowest BCUT2D eigenvalue weighted by atomic mass is 10.1. The molecule has 0 fully saturated rings. The van der Waals surface area contributed by atoms with Crippen molar-refractivity contribution < 1.29 is 0 Å². The maximum atomic E-state index is 6.23. The highest BCUT2D eigenvalue weighted by Crippen LogP contribution is 2.37. The van der Waals surface area contributed by atoms with Crippen LogP contribution in [0.4, 0.5) is 0 Å². The Balaban J connectivity index is 2.82. The minimum absolute atomic E-state index is 0.893. The van der Waals surface area contributed by atoms with E-state index in [2.05, 4.69) is 30.7 Å². The Bertz CT molecular complexity index is 460. The molecule has 1 aromatic heterocycles. The summed E-state index contributed by atoms with van der Waals surface area (Å²) in [5.74, 6) is 0. The summed E-state index contributed by atoms with van der Waals surface area (Å²) >= 11 is 9.72. The quantitative estimate of drug-likeness (QED) is 0.679. The van der Waals surface area contributed by atoms with Gasteiger partial charge in [-0.05, 0) is 41.1 Å². The van der Waals surface area contributed by atoms with Crippen molar-refractivity contribution in [2.75, 3.05) is 6.26 Å². The normalized spacial score (nSPS) is 11.1. The van der Waals surface area contributed by atoms with Crippen molar-refractivity contribution in [2.24, 2.45) is 0 Å². The lowest BCUT2D eigenvalue weighted by Crippen LogP contribution is -1.87. The lowest BCUT2D eigenvalue weighted by Gasteiger charge is -2.08. The Morgan fingerprint density at radius 2 is 2.29 bits per heavy atom. The third-order valence-corrected chi connectivity index (χ3v) is 4.48. The van der Waals surface area contributed by atoms with Gasteiger partial charge >= 0.3 is 0 Å². The van der Waals surface area contributed by atoms with Crippen LogP contribution in [-0.2, 0) is 6.42 Å². The zero-order valence-corrected chi connectivity index (χ0v) is 10.5. The molecule has 2 rings (SSSR count). The molecule has 0 atom stereocenters. The molecule has 0 aliphatic rings. The molecule has 0 amide bonds. The van der Waals surface area contributed by atoms with Crippen molar-refractivity contribution in [3.8, 4) is 0 Å². The SMILES string of the molecule is CCc1c(SC)c(Cl)cc2sccc12. The number of benzene rings is 1. The van der Waals surface area contributed by atoms with Crippen LogP contribution in [0.5, 0.6) is 0 Å². The molecule has 1 aromatic carbocycles. The zero-order chi connectivity index (χ0) is 10.1. The van der Waals surface area contributed by atoms with Gasteiger partial charge in [-0.15, -0.1) is 23.1 Å². The maximum absolute atomic E-state index is 6.23. The number of hydrogen-bond donors (Lipinski definition) is 0. The standard InChI is InChI=1S/C11H11ClS2/c1-3-7-8-4-5-14-10(8)6-9(12)11(7)13-2/h4-6H,3H2,1-2H3. The monoisotopic (exact) mass is 242 g/mol. The second-order valence-corrected chi connectivity index (χ2v) is 5.23. The van der Waals surface area contributed by atoms with Crippen LogP contribution in [0.2, 0.25) is 5.02 Å². The minimum Gasteiger partial charge on any atom is -0.144 e. The fourth-order valence-electron chi connectivity index (χ4n) is 1.70. The summed E-state index contributed by atoms with van der Waals surface area (Å²) in [4.78, 5) is 1.24. The molecular formula is C11H11ClS2. The Morgan fingerprint density at radius 1 is 1.50 bits per heavy atom. The summed E-state index contributed by atoms with van der Waals surface area (Å²) < 4.78 is 1.30. The third kappa shape index (κ3) is 1.56. The van der Waals surface area contributed by atoms with Crippen molar-refractivity contribution in [3.05, 3.63) is 28.1 Å². The molecule has 3 heteroatoms. The fourth-order valence-corrected chi connectivity index (χ4v) is 3.83. The highest BCUT2D eigenvalue weighted by molar-refractivity contribution is 7.98. The molecule has 14 heavy (non-hydrogen) atoms. The second-order valence-electron chi connectivity index (χ2n) is 3.06. The fraction of sp³-hybridized carbons (Fsp3) is 0.273. The van der Waals surface area contributed by atoms with E-state index in [1.807, 2.05) is 0 Å². The summed E-state index contributed by atoms with van der Waals surface area (Å²) in [6.07, 6.45) is 3.13. The van der Waals surface area contributed by atoms with E-state index < -0.39 is 0 Å². The van der Waals surface area contributed by atoms with Crippen LogP contribution in [0.1, 0.15) is 12.5 Å². The average molecular weight is 243 g/mol. The summed E-state index contributed by atoms with van der Waals surface area (Å²) in [7, 11) is 0. The first-order valence-corrected chi connectivity index (χ1v) is 6.98. The molecule has 0 N–H and O–H groups in total. The molecule has 0 saturated carbocycles. The van der Waals surface area contributed by atoms with Gasteiger partial charge in [0, 0.05) is 9.60 Å². The van der Waals surface area contributed by atoms with Gasteiger partial charge in [-0.25, -0.2) is 0 Å². The molecule has 0 unspecified atom stereocenters. The van der Waals surface area contributed by atoms with Gasteiger partial charge in [-0.1, -0.05) is 18.5 Å². The van der Waals surface area contributed by atoms with Crippen molar-refractivity contribution in [2.45, 2.75) is 18.2 Å². The number of hydrogen-bond acceptors (Lipinski definition) is 2. The number of rotatable bonds is 2. The summed E-state index contributed by atoms with van der Waals surface area (Å²) in [6.45, 7) is 2.18. The Labute approximate surface area is 97.3 Å². The van der Waals surface area contributed by atoms with E-state index in [1.165, 1.54) is 20.5 Å². The summed E-state index contributed by atoms with van der Waals surface area (Å²) in [6, 6.07) is 4.27. The van der Waals surface area contributed by atoms with E-state index in [4.69, 9.17) is 11.6 Å². The maximum Gasteiger partial charge on any atom is 0.0559 e. The second kappa shape index (κ2) is 4.13. The molecule has 74 valence electrons. The largest absolute Gasteiger partial charge is 0.144 e. The zero-order valence-electron chi connectivity index (χ0n) is 8.13. The van der Waals surface area contributed by atoms with Gasteiger partial charge < -0.3 is 0 Å². The van der Waals surface area contributed by atoms with Crippen molar-refractivity contribution >= 4 is 44.8 Å². The molecular weight excluding hydrogens is 232 g/mol. The summed E-state index contributed by atoms with van der Waals surface area (Å²) in [5, 5.41) is 4.39. The number of thioether (sulfide) groups is 1. The van der Waals surface area contributed by atoms with Crippen molar-refractivity contribution in [1.29, 1.82) is 0 Å². The van der Waals surface area contributed by atoms with Crippen LogP contribution in [0.25, 0.3) is 10.1 Å². The van der Waals surface area contributed by atoms with Crippen LogP contribution in [0, 0.1) is 0 Å². The highest BCUT2D eigenvalue weighted by atomic mass is 35.5. The van der Waals surface area contributed by atoms with Gasteiger partial charge in [0.1, 0.15) is 0 Å².